The minimum absolute atomic E-state index is 0.0262. The summed E-state index contributed by atoms with van der Waals surface area (Å²) >= 11 is 0. The average Bonchev–Trinajstić information content (AvgIpc) is 2.68. The molecule has 4 heteroatoms. The van der Waals surface area contributed by atoms with E-state index in [0.717, 1.165) is 37.1 Å². The Balaban J connectivity index is 1.92. The molecule has 2 rings (SSSR count). The number of carbonyl (C=O) groups is 1. The number of aliphatic hydroxyl groups is 1. The normalized spacial score (nSPS) is 20.2. The summed E-state index contributed by atoms with van der Waals surface area (Å²) in [6, 6.07) is 7.19. The fraction of sp³-hybridized carbons (Fsp3) is 0.500. The Bertz CT molecular complexity index is 381. The molecule has 1 fully saturated rings. The number of aliphatic hydroxyl groups excluding tert-OH is 1. The molecule has 0 spiro atoms. The molecule has 0 radical (unpaired) electrons. The van der Waals surface area contributed by atoms with Crippen molar-refractivity contribution in [3.8, 4) is 0 Å². The van der Waals surface area contributed by atoms with Gasteiger partial charge in [0.2, 0.25) is 5.91 Å². The molecule has 18 heavy (non-hydrogen) atoms. The van der Waals surface area contributed by atoms with Crippen molar-refractivity contribution in [1.29, 1.82) is 0 Å². The second kappa shape index (κ2) is 6.52. The largest absolute Gasteiger partial charge is 0.392 e. The zero-order valence-electron chi connectivity index (χ0n) is 10.5. The van der Waals surface area contributed by atoms with Gasteiger partial charge in [0.1, 0.15) is 0 Å². The highest BCUT2D eigenvalue weighted by Gasteiger charge is 2.19. The number of carbonyl (C=O) groups excluding carboxylic acids is 1. The molecule has 1 heterocycles. The minimum Gasteiger partial charge on any atom is -0.392 e. The summed E-state index contributed by atoms with van der Waals surface area (Å²) in [7, 11) is 0. The van der Waals surface area contributed by atoms with Gasteiger partial charge in [-0.15, -0.1) is 0 Å². The summed E-state index contributed by atoms with van der Waals surface area (Å²) in [5.41, 5.74) is 1.63. The Morgan fingerprint density at radius 3 is 2.78 bits per heavy atom. The van der Waals surface area contributed by atoms with E-state index in [2.05, 4.69) is 10.6 Å². The zero-order chi connectivity index (χ0) is 12.8. The quantitative estimate of drug-likeness (QED) is 0.762. The molecule has 1 atom stereocenters. The molecular weight excluding hydrogens is 228 g/mol. The van der Waals surface area contributed by atoms with Gasteiger partial charge in [-0.25, -0.2) is 0 Å². The second-order valence-corrected chi connectivity index (χ2v) is 4.70. The third-order valence-corrected chi connectivity index (χ3v) is 3.28. The van der Waals surface area contributed by atoms with Crippen LogP contribution in [0.15, 0.2) is 24.3 Å². The molecule has 0 aliphatic carbocycles. The van der Waals surface area contributed by atoms with Gasteiger partial charge in [-0.3, -0.25) is 4.79 Å². The first-order valence-corrected chi connectivity index (χ1v) is 6.53. The number of hydrogen-bond donors (Lipinski definition) is 3. The fourth-order valence-electron chi connectivity index (χ4n) is 2.18. The van der Waals surface area contributed by atoms with Crippen LogP contribution < -0.4 is 10.6 Å². The Morgan fingerprint density at radius 1 is 1.28 bits per heavy atom. The second-order valence-electron chi connectivity index (χ2n) is 4.70. The molecule has 1 unspecified atom stereocenters. The Hall–Kier alpha value is -1.39. The van der Waals surface area contributed by atoms with Crippen LogP contribution in [0.3, 0.4) is 0 Å². The van der Waals surface area contributed by atoms with Gasteiger partial charge in [0.25, 0.3) is 0 Å². The van der Waals surface area contributed by atoms with Gasteiger partial charge in [-0.1, -0.05) is 25.0 Å². The molecule has 0 saturated carbocycles. The number of anilines is 1. The van der Waals surface area contributed by atoms with E-state index in [0.29, 0.717) is 0 Å². The summed E-state index contributed by atoms with van der Waals surface area (Å²) in [5.74, 6) is 0.0358. The summed E-state index contributed by atoms with van der Waals surface area (Å²) in [6.45, 7) is 0.944. The van der Waals surface area contributed by atoms with Gasteiger partial charge in [0, 0.05) is 5.69 Å². The molecule has 98 valence electrons. The van der Waals surface area contributed by atoms with Crippen LogP contribution >= 0.6 is 0 Å². The van der Waals surface area contributed by atoms with E-state index < -0.39 is 0 Å². The van der Waals surface area contributed by atoms with E-state index in [1.54, 1.807) is 0 Å². The van der Waals surface area contributed by atoms with Crippen LogP contribution in [0, 0.1) is 0 Å². The maximum atomic E-state index is 12.1. The van der Waals surface area contributed by atoms with Crippen LogP contribution in [0.4, 0.5) is 5.69 Å². The molecule has 1 amide bonds. The molecule has 3 N–H and O–H groups in total. The first-order chi connectivity index (χ1) is 8.79. The van der Waals surface area contributed by atoms with Crippen molar-refractivity contribution in [2.45, 2.75) is 38.3 Å². The lowest BCUT2D eigenvalue weighted by molar-refractivity contribution is -0.118. The van der Waals surface area contributed by atoms with E-state index in [9.17, 15) is 4.79 Å². The number of rotatable bonds is 3. The lowest BCUT2D eigenvalue weighted by atomic mass is 10.1. The van der Waals surface area contributed by atoms with Gasteiger partial charge in [0.15, 0.2) is 0 Å². The topological polar surface area (TPSA) is 61.4 Å². The Morgan fingerprint density at radius 2 is 2.06 bits per heavy atom. The molecular formula is C14H20N2O2. The Labute approximate surface area is 107 Å². The van der Waals surface area contributed by atoms with E-state index in [-0.39, 0.29) is 18.6 Å². The Kier molecular flexibility index (Phi) is 4.73. The van der Waals surface area contributed by atoms with Crippen molar-refractivity contribution in [3.05, 3.63) is 29.8 Å². The average molecular weight is 248 g/mol. The van der Waals surface area contributed by atoms with Crippen molar-refractivity contribution in [2.24, 2.45) is 0 Å². The monoisotopic (exact) mass is 248 g/mol. The molecule has 1 aromatic carbocycles. The van der Waals surface area contributed by atoms with Crippen molar-refractivity contribution < 1.29 is 9.90 Å². The van der Waals surface area contributed by atoms with Crippen LogP contribution in [0.25, 0.3) is 0 Å². The summed E-state index contributed by atoms with van der Waals surface area (Å²) in [4.78, 5) is 12.1. The molecule has 1 aromatic rings. The molecule has 1 aliphatic rings. The number of hydrogen-bond acceptors (Lipinski definition) is 3. The van der Waals surface area contributed by atoms with E-state index in [1.165, 1.54) is 6.42 Å². The smallest absolute Gasteiger partial charge is 0.241 e. The zero-order valence-corrected chi connectivity index (χ0v) is 10.5. The number of nitrogens with one attached hydrogen (secondary N) is 2. The van der Waals surface area contributed by atoms with Crippen LogP contribution in [-0.2, 0) is 11.4 Å². The van der Waals surface area contributed by atoms with Gasteiger partial charge in [-0.2, -0.15) is 0 Å². The van der Waals surface area contributed by atoms with E-state index >= 15 is 0 Å². The number of benzene rings is 1. The maximum Gasteiger partial charge on any atom is 0.241 e. The fourth-order valence-corrected chi connectivity index (χ4v) is 2.18. The summed E-state index contributed by atoms with van der Waals surface area (Å²) < 4.78 is 0. The highest BCUT2D eigenvalue weighted by Crippen LogP contribution is 2.13. The predicted octanol–water partition coefficient (Wildman–Crippen LogP) is 1.65. The molecule has 1 saturated heterocycles. The molecule has 4 nitrogen and oxygen atoms in total. The molecule has 0 aromatic heterocycles. The maximum absolute atomic E-state index is 12.1. The van der Waals surface area contributed by atoms with E-state index in [1.807, 2.05) is 24.3 Å². The lowest BCUT2D eigenvalue weighted by Crippen LogP contribution is -2.39. The highest BCUT2D eigenvalue weighted by molar-refractivity contribution is 5.94. The van der Waals surface area contributed by atoms with Gasteiger partial charge < -0.3 is 15.7 Å². The standard InChI is InChI=1S/C14H20N2O2/c17-10-11-5-7-12(8-6-11)16-14(18)13-4-2-1-3-9-15-13/h5-8,13,15,17H,1-4,9-10H2,(H,16,18). The first kappa shape index (κ1) is 13.1. The third kappa shape index (κ3) is 3.55. The van der Waals surface area contributed by atoms with Crippen molar-refractivity contribution in [3.63, 3.8) is 0 Å². The molecule has 1 aliphatic heterocycles. The minimum atomic E-state index is -0.0787. The first-order valence-electron chi connectivity index (χ1n) is 6.53. The van der Waals surface area contributed by atoms with Crippen molar-refractivity contribution in [1.82, 2.24) is 5.32 Å². The summed E-state index contributed by atoms with van der Waals surface area (Å²) in [6.07, 6.45) is 4.35. The van der Waals surface area contributed by atoms with Gasteiger partial charge >= 0.3 is 0 Å². The van der Waals surface area contributed by atoms with Crippen LogP contribution in [0.1, 0.15) is 31.2 Å². The van der Waals surface area contributed by atoms with Crippen molar-refractivity contribution >= 4 is 11.6 Å². The highest BCUT2D eigenvalue weighted by atomic mass is 16.3. The van der Waals surface area contributed by atoms with Gasteiger partial charge in [-0.05, 0) is 37.1 Å². The van der Waals surface area contributed by atoms with Gasteiger partial charge in [0.05, 0.1) is 12.6 Å². The van der Waals surface area contributed by atoms with Crippen molar-refractivity contribution in [2.75, 3.05) is 11.9 Å². The lowest BCUT2D eigenvalue weighted by Gasteiger charge is -2.15. The van der Waals surface area contributed by atoms with E-state index in [4.69, 9.17) is 5.11 Å². The number of amides is 1. The SMILES string of the molecule is O=C(Nc1ccc(CO)cc1)C1CCCCCN1. The third-order valence-electron chi connectivity index (χ3n) is 3.28. The van der Waals surface area contributed by atoms with Crippen LogP contribution in [-0.4, -0.2) is 23.6 Å². The van der Waals surface area contributed by atoms with Crippen LogP contribution in [0.5, 0.6) is 0 Å². The van der Waals surface area contributed by atoms with Crippen LogP contribution in [0.2, 0.25) is 0 Å². The predicted molar refractivity (Wildman–Crippen MR) is 71.3 cm³/mol. The summed E-state index contributed by atoms with van der Waals surface area (Å²) in [5, 5.41) is 15.1. The molecule has 0 bridgehead atoms.